The number of nitrogens with one attached hydrogen (secondary N) is 1. The van der Waals surface area contributed by atoms with Gasteiger partial charge >= 0.3 is 0 Å². The van der Waals surface area contributed by atoms with E-state index in [1.165, 1.54) is 11.1 Å². The summed E-state index contributed by atoms with van der Waals surface area (Å²) in [5, 5.41) is 7.69. The Balaban J connectivity index is 0.00000210. The SMILES string of the molecule is Cl.Cn1cc([C@H]2CNC[C@@H]2C(=O)N2CCC(Cc3ccccc3)CC2)cn1. The van der Waals surface area contributed by atoms with Crippen LogP contribution in [0.25, 0.3) is 0 Å². The van der Waals surface area contributed by atoms with Gasteiger partial charge in [-0.2, -0.15) is 5.10 Å². The third-order valence-corrected chi connectivity index (χ3v) is 5.98. The van der Waals surface area contributed by atoms with Gasteiger partial charge < -0.3 is 10.2 Å². The maximum Gasteiger partial charge on any atom is 0.227 e. The largest absolute Gasteiger partial charge is 0.342 e. The van der Waals surface area contributed by atoms with Crippen molar-refractivity contribution in [3.63, 3.8) is 0 Å². The van der Waals surface area contributed by atoms with E-state index in [1.54, 1.807) is 0 Å². The van der Waals surface area contributed by atoms with E-state index in [-0.39, 0.29) is 24.2 Å². The summed E-state index contributed by atoms with van der Waals surface area (Å²) in [4.78, 5) is 15.2. The smallest absolute Gasteiger partial charge is 0.227 e. The molecule has 0 radical (unpaired) electrons. The van der Waals surface area contributed by atoms with E-state index in [0.29, 0.717) is 11.8 Å². The third-order valence-electron chi connectivity index (χ3n) is 5.98. The highest BCUT2D eigenvalue weighted by atomic mass is 35.5. The van der Waals surface area contributed by atoms with Gasteiger partial charge in [0.15, 0.2) is 0 Å². The monoisotopic (exact) mass is 388 g/mol. The van der Waals surface area contributed by atoms with Gasteiger partial charge in [0.05, 0.1) is 12.1 Å². The number of hydrogen-bond acceptors (Lipinski definition) is 3. The van der Waals surface area contributed by atoms with Gasteiger partial charge in [0.25, 0.3) is 0 Å². The van der Waals surface area contributed by atoms with Crippen molar-refractivity contribution in [3.05, 3.63) is 53.9 Å². The lowest BCUT2D eigenvalue weighted by molar-refractivity contribution is -0.136. The standard InChI is InChI=1S/C21H28N4O.ClH/c1-24-15-18(12-23-24)19-13-22-14-20(19)21(26)25-9-7-17(8-10-25)11-16-5-3-2-4-6-16;/h2-6,12,15,17,19-20,22H,7-11,13-14H2,1H3;1H/t19-,20+;/m1./s1. The molecule has 0 spiro atoms. The average Bonchev–Trinajstić information content (AvgIpc) is 3.31. The molecule has 1 N–H and O–H groups in total. The first-order valence-electron chi connectivity index (χ1n) is 9.72. The Labute approximate surface area is 167 Å². The van der Waals surface area contributed by atoms with Gasteiger partial charge in [0.1, 0.15) is 0 Å². The fourth-order valence-electron chi connectivity index (χ4n) is 4.46. The molecule has 2 aromatic rings. The van der Waals surface area contributed by atoms with Gasteiger partial charge in [-0.3, -0.25) is 9.48 Å². The number of carbonyl (C=O) groups is 1. The maximum absolute atomic E-state index is 13.1. The Kier molecular flexibility index (Phi) is 6.55. The number of aromatic nitrogens is 2. The van der Waals surface area contributed by atoms with Crippen molar-refractivity contribution in [3.8, 4) is 0 Å². The van der Waals surface area contributed by atoms with Crippen LogP contribution in [0, 0.1) is 11.8 Å². The topological polar surface area (TPSA) is 50.2 Å². The first-order chi connectivity index (χ1) is 12.7. The number of nitrogens with zero attached hydrogens (tertiary/aromatic N) is 3. The molecule has 1 aromatic heterocycles. The number of benzene rings is 1. The molecule has 2 fully saturated rings. The summed E-state index contributed by atoms with van der Waals surface area (Å²) in [6, 6.07) is 10.7. The summed E-state index contributed by atoms with van der Waals surface area (Å²) in [6.45, 7) is 3.44. The molecular formula is C21H29ClN4O. The first kappa shape index (κ1) is 19.9. The molecule has 0 aliphatic carbocycles. The number of amides is 1. The summed E-state index contributed by atoms with van der Waals surface area (Å²) >= 11 is 0. The molecule has 1 amide bonds. The van der Waals surface area contributed by atoms with E-state index in [9.17, 15) is 4.79 Å². The highest BCUT2D eigenvalue weighted by Crippen LogP contribution is 2.31. The lowest BCUT2D eigenvalue weighted by Crippen LogP contribution is -2.43. The second-order valence-corrected chi connectivity index (χ2v) is 7.78. The van der Waals surface area contributed by atoms with Gasteiger partial charge in [-0.1, -0.05) is 30.3 Å². The molecule has 27 heavy (non-hydrogen) atoms. The molecule has 2 atom stereocenters. The van der Waals surface area contributed by atoms with Crippen LogP contribution in [0.4, 0.5) is 0 Å². The quantitative estimate of drug-likeness (QED) is 0.875. The maximum atomic E-state index is 13.1. The molecule has 146 valence electrons. The Morgan fingerprint density at radius 3 is 2.59 bits per heavy atom. The first-order valence-corrected chi connectivity index (χ1v) is 9.72. The number of rotatable bonds is 4. The summed E-state index contributed by atoms with van der Waals surface area (Å²) in [7, 11) is 1.93. The van der Waals surface area contributed by atoms with Gasteiger partial charge in [-0.25, -0.2) is 0 Å². The Morgan fingerprint density at radius 2 is 1.93 bits per heavy atom. The molecule has 6 heteroatoms. The van der Waals surface area contributed by atoms with Crippen molar-refractivity contribution in [1.82, 2.24) is 20.0 Å². The van der Waals surface area contributed by atoms with E-state index in [4.69, 9.17) is 0 Å². The highest BCUT2D eigenvalue weighted by molar-refractivity contribution is 5.85. The van der Waals surface area contributed by atoms with Gasteiger partial charge in [0, 0.05) is 45.3 Å². The van der Waals surface area contributed by atoms with Crippen LogP contribution in [-0.2, 0) is 18.3 Å². The summed E-state index contributed by atoms with van der Waals surface area (Å²) in [5.41, 5.74) is 2.59. The van der Waals surface area contributed by atoms with Crippen molar-refractivity contribution in [1.29, 1.82) is 0 Å². The molecule has 5 nitrogen and oxygen atoms in total. The zero-order valence-corrected chi connectivity index (χ0v) is 16.7. The normalized spacial score (nSPS) is 23.2. The van der Waals surface area contributed by atoms with Gasteiger partial charge in [0.2, 0.25) is 5.91 Å². The lowest BCUT2D eigenvalue weighted by atomic mass is 9.87. The average molecular weight is 389 g/mol. The van der Waals surface area contributed by atoms with Crippen LogP contribution >= 0.6 is 12.4 Å². The second kappa shape index (κ2) is 8.89. The summed E-state index contributed by atoms with van der Waals surface area (Å²) in [6.07, 6.45) is 7.30. The van der Waals surface area contributed by atoms with Gasteiger partial charge in [-0.15, -0.1) is 12.4 Å². The molecule has 3 heterocycles. The van der Waals surface area contributed by atoms with Crippen LogP contribution in [0.1, 0.15) is 29.9 Å². The van der Waals surface area contributed by atoms with Crippen molar-refractivity contribution >= 4 is 18.3 Å². The predicted octanol–water partition coefficient (Wildman–Crippen LogP) is 2.63. The number of hydrogen-bond donors (Lipinski definition) is 1. The van der Waals surface area contributed by atoms with Crippen LogP contribution < -0.4 is 5.32 Å². The summed E-state index contributed by atoms with van der Waals surface area (Å²) in [5.74, 6) is 1.31. The lowest BCUT2D eigenvalue weighted by Gasteiger charge is -2.34. The molecule has 1 aromatic carbocycles. The van der Waals surface area contributed by atoms with Crippen molar-refractivity contribution in [2.45, 2.75) is 25.2 Å². The number of carbonyl (C=O) groups excluding carboxylic acids is 1. The van der Waals surface area contributed by atoms with Crippen molar-refractivity contribution < 1.29 is 4.79 Å². The number of aryl methyl sites for hydroxylation is 1. The number of piperidine rings is 1. The number of halogens is 1. The minimum atomic E-state index is 0. The molecule has 4 rings (SSSR count). The van der Waals surface area contributed by atoms with E-state index >= 15 is 0 Å². The van der Waals surface area contributed by atoms with E-state index < -0.39 is 0 Å². The highest BCUT2D eigenvalue weighted by Gasteiger charge is 2.37. The van der Waals surface area contributed by atoms with E-state index in [1.807, 2.05) is 24.1 Å². The summed E-state index contributed by atoms with van der Waals surface area (Å²) < 4.78 is 1.82. The molecule has 0 unspecified atom stereocenters. The Hall–Kier alpha value is -1.85. The zero-order valence-electron chi connectivity index (χ0n) is 15.9. The fourth-order valence-corrected chi connectivity index (χ4v) is 4.46. The van der Waals surface area contributed by atoms with Crippen LogP contribution in [0.15, 0.2) is 42.7 Å². The predicted molar refractivity (Wildman–Crippen MR) is 109 cm³/mol. The van der Waals surface area contributed by atoms with Crippen LogP contribution in [0.5, 0.6) is 0 Å². The Morgan fingerprint density at radius 1 is 1.19 bits per heavy atom. The minimum Gasteiger partial charge on any atom is -0.342 e. The molecule has 0 saturated carbocycles. The fraction of sp³-hybridized carbons (Fsp3) is 0.524. The van der Waals surface area contributed by atoms with Crippen LogP contribution in [0.2, 0.25) is 0 Å². The van der Waals surface area contributed by atoms with E-state index in [2.05, 4.69) is 45.6 Å². The second-order valence-electron chi connectivity index (χ2n) is 7.78. The molecule has 0 bridgehead atoms. The van der Waals surface area contributed by atoms with Gasteiger partial charge in [-0.05, 0) is 36.3 Å². The molecule has 2 aliphatic heterocycles. The molecular weight excluding hydrogens is 360 g/mol. The van der Waals surface area contributed by atoms with Crippen LogP contribution in [-0.4, -0.2) is 46.8 Å². The van der Waals surface area contributed by atoms with Crippen molar-refractivity contribution in [2.75, 3.05) is 26.2 Å². The molecule has 2 aliphatic rings. The molecule has 2 saturated heterocycles. The van der Waals surface area contributed by atoms with Crippen LogP contribution in [0.3, 0.4) is 0 Å². The number of likely N-dealkylation sites (tertiary alicyclic amines) is 1. The van der Waals surface area contributed by atoms with Crippen molar-refractivity contribution in [2.24, 2.45) is 18.9 Å². The zero-order chi connectivity index (χ0) is 17.9. The van der Waals surface area contributed by atoms with E-state index in [0.717, 1.165) is 45.4 Å². The minimum absolute atomic E-state index is 0. The third kappa shape index (κ3) is 4.53. The Bertz CT molecular complexity index is 740.